The maximum Gasteiger partial charge on any atom is 0.188 e. The average molecular weight is 528 g/mol. The first kappa shape index (κ1) is 23.9. The van der Waals surface area contributed by atoms with Crippen LogP contribution in [0.5, 0.6) is 11.5 Å². The van der Waals surface area contributed by atoms with Crippen LogP contribution in [0.25, 0.3) is 22.9 Å². The zero-order valence-electron chi connectivity index (χ0n) is 22.0. The minimum Gasteiger partial charge on any atom is -0.486 e. The van der Waals surface area contributed by atoms with Crippen molar-refractivity contribution in [1.82, 2.24) is 29.7 Å². The molecule has 1 unspecified atom stereocenters. The minimum atomic E-state index is -1.16. The summed E-state index contributed by atoms with van der Waals surface area (Å²) in [5.41, 5.74) is 7.12. The largest absolute Gasteiger partial charge is 0.486 e. The molecule has 0 amide bonds. The van der Waals surface area contributed by atoms with E-state index in [1.807, 2.05) is 18.2 Å². The molecule has 0 saturated carbocycles. The molecule has 3 aliphatic rings. The van der Waals surface area contributed by atoms with E-state index in [9.17, 15) is 4.39 Å². The standard InChI is InChI=1S/C29H30FN7O2/c1-17-27(20-3-4-25-26(13-20)39-10-9-38-25)35-28(34-17)19-5-7-36(8-6-19)29-23-11-21(12-24(23)31-16-32-29)22-14-33-37(15-22)18(2)30/h3-4,11,13-16,18-19H,5-10,12H2,1-2H3,(H,34,35). The number of piperidine rings is 1. The second-order valence-electron chi connectivity index (χ2n) is 10.4. The molecule has 39 heavy (non-hydrogen) atoms. The van der Waals surface area contributed by atoms with E-state index in [0.29, 0.717) is 25.6 Å². The number of fused-ring (bicyclic) bond motifs is 2. The molecular formula is C29H30FN7O2. The van der Waals surface area contributed by atoms with Crippen LogP contribution in [0.2, 0.25) is 0 Å². The van der Waals surface area contributed by atoms with E-state index in [4.69, 9.17) is 14.5 Å². The van der Waals surface area contributed by atoms with E-state index in [1.54, 1.807) is 18.7 Å². The molecule has 0 spiro atoms. The second-order valence-corrected chi connectivity index (χ2v) is 10.4. The maximum absolute atomic E-state index is 13.7. The second kappa shape index (κ2) is 9.52. The van der Waals surface area contributed by atoms with Gasteiger partial charge < -0.3 is 19.4 Å². The highest BCUT2D eigenvalue weighted by Crippen LogP contribution is 2.39. The van der Waals surface area contributed by atoms with Crippen molar-refractivity contribution < 1.29 is 13.9 Å². The molecule has 5 heterocycles. The van der Waals surface area contributed by atoms with Crippen LogP contribution >= 0.6 is 0 Å². The van der Waals surface area contributed by atoms with Crippen molar-refractivity contribution in [3.05, 3.63) is 65.3 Å². The molecule has 7 rings (SSSR count). The summed E-state index contributed by atoms with van der Waals surface area (Å²) in [5, 5.41) is 4.15. The molecule has 1 N–H and O–H groups in total. The Kier molecular flexibility index (Phi) is 5.82. The third-order valence-electron chi connectivity index (χ3n) is 7.86. The fraction of sp³-hybridized carbons (Fsp3) is 0.379. The lowest BCUT2D eigenvalue weighted by Gasteiger charge is -2.32. The smallest absolute Gasteiger partial charge is 0.188 e. The summed E-state index contributed by atoms with van der Waals surface area (Å²) >= 11 is 0. The lowest BCUT2D eigenvalue weighted by atomic mass is 9.96. The van der Waals surface area contributed by atoms with Gasteiger partial charge in [0.1, 0.15) is 31.2 Å². The summed E-state index contributed by atoms with van der Waals surface area (Å²) in [6.07, 6.45) is 8.75. The van der Waals surface area contributed by atoms with E-state index in [2.05, 4.69) is 38.0 Å². The van der Waals surface area contributed by atoms with Crippen LogP contribution in [0.1, 0.15) is 60.3 Å². The number of rotatable bonds is 5. The molecule has 10 heteroatoms. The first-order valence-corrected chi connectivity index (χ1v) is 13.5. The third-order valence-corrected chi connectivity index (χ3v) is 7.86. The zero-order valence-corrected chi connectivity index (χ0v) is 22.0. The molecule has 4 aromatic rings. The van der Waals surface area contributed by atoms with Crippen LogP contribution in [0.4, 0.5) is 10.2 Å². The van der Waals surface area contributed by atoms with E-state index < -0.39 is 6.30 Å². The topological polar surface area (TPSA) is 94.0 Å². The van der Waals surface area contributed by atoms with Gasteiger partial charge in [-0.25, -0.2) is 24.0 Å². The Morgan fingerprint density at radius 1 is 1.08 bits per heavy atom. The predicted molar refractivity (Wildman–Crippen MR) is 146 cm³/mol. The van der Waals surface area contributed by atoms with Crippen LogP contribution in [-0.2, 0) is 6.42 Å². The summed E-state index contributed by atoms with van der Waals surface area (Å²) in [6, 6.07) is 6.03. The van der Waals surface area contributed by atoms with E-state index >= 15 is 0 Å². The van der Waals surface area contributed by atoms with Crippen LogP contribution in [-0.4, -0.2) is 56.0 Å². The number of H-pyrrole nitrogens is 1. The number of imidazole rings is 1. The molecule has 0 radical (unpaired) electrons. The number of aromatic nitrogens is 6. The highest BCUT2D eigenvalue weighted by molar-refractivity contribution is 5.90. The Morgan fingerprint density at radius 3 is 2.69 bits per heavy atom. The molecule has 3 aromatic heterocycles. The fourth-order valence-electron chi connectivity index (χ4n) is 5.76. The Hall–Kier alpha value is -4.21. The number of benzene rings is 1. The summed E-state index contributed by atoms with van der Waals surface area (Å²) < 4.78 is 26.4. The number of aryl methyl sites for hydroxylation is 1. The van der Waals surface area contributed by atoms with Gasteiger partial charge in [-0.1, -0.05) is 0 Å². The quantitative estimate of drug-likeness (QED) is 0.385. The lowest BCUT2D eigenvalue weighted by molar-refractivity contribution is 0.171. The summed E-state index contributed by atoms with van der Waals surface area (Å²) in [7, 11) is 0. The monoisotopic (exact) mass is 527 g/mol. The van der Waals surface area contributed by atoms with Crippen molar-refractivity contribution in [2.24, 2.45) is 0 Å². The predicted octanol–water partition coefficient (Wildman–Crippen LogP) is 5.11. The highest BCUT2D eigenvalue weighted by atomic mass is 19.1. The van der Waals surface area contributed by atoms with Gasteiger partial charge in [-0.05, 0) is 56.5 Å². The van der Waals surface area contributed by atoms with Gasteiger partial charge >= 0.3 is 0 Å². The zero-order chi connectivity index (χ0) is 26.5. The number of hydrogen-bond acceptors (Lipinski definition) is 7. The van der Waals surface area contributed by atoms with Gasteiger partial charge in [0.25, 0.3) is 0 Å². The number of nitrogens with zero attached hydrogens (tertiary/aromatic N) is 6. The van der Waals surface area contributed by atoms with Crippen LogP contribution < -0.4 is 14.4 Å². The van der Waals surface area contributed by atoms with E-state index in [1.165, 1.54) is 11.6 Å². The molecule has 9 nitrogen and oxygen atoms in total. The molecular weight excluding hydrogens is 497 g/mol. The van der Waals surface area contributed by atoms with Crippen LogP contribution in [0.15, 0.2) is 36.9 Å². The number of alkyl halides is 1. The molecule has 1 atom stereocenters. The van der Waals surface area contributed by atoms with Crippen molar-refractivity contribution in [1.29, 1.82) is 0 Å². The van der Waals surface area contributed by atoms with Crippen molar-refractivity contribution >= 4 is 17.5 Å². The van der Waals surface area contributed by atoms with Gasteiger partial charge in [-0.3, -0.25) is 0 Å². The van der Waals surface area contributed by atoms with Crippen LogP contribution in [0, 0.1) is 6.92 Å². The Morgan fingerprint density at radius 2 is 1.90 bits per heavy atom. The highest BCUT2D eigenvalue weighted by Gasteiger charge is 2.28. The van der Waals surface area contributed by atoms with Crippen molar-refractivity contribution in [2.75, 3.05) is 31.2 Å². The number of anilines is 1. The average Bonchev–Trinajstić information content (AvgIpc) is 3.71. The lowest BCUT2D eigenvalue weighted by Crippen LogP contribution is -2.34. The van der Waals surface area contributed by atoms with Gasteiger partial charge in [-0.2, -0.15) is 5.10 Å². The van der Waals surface area contributed by atoms with Crippen molar-refractivity contribution in [3.8, 4) is 22.8 Å². The number of halogens is 1. The Balaban J connectivity index is 1.07. The van der Waals surface area contributed by atoms with Gasteiger partial charge in [0, 0.05) is 54.0 Å². The third kappa shape index (κ3) is 4.33. The summed E-state index contributed by atoms with van der Waals surface area (Å²) in [4.78, 5) is 20.1. The van der Waals surface area contributed by atoms with Gasteiger partial charge in [0.2, 0.25) is 0 Å². The molecule has 1 aromatic carbocycles. The van der Waals surface area contributed by atoms with Gasteiger partial charge in [0.15, 0.2) is 17.8 Å². The normalized spacial score (nSPS) is 17.7. The van der Waals surface area contributed by atoms with E-state index in [0.717, 1.165) is 88.4 Å². The number of nitrogens with one attached hydrogen (secondary N) is 1. The molecule has 0 bridgehead atoms. The maximum atomic E-state index is 13.7. The molecule has 2 aliphatic heterocycles. The van der Waals surface area contributed by atoms with E-state index in [-0.39, 0.29) is 0 Å². The van der Waals surface area contributed by atoms with Crippen molar-refractivity contribution in [2.45, 2.75) is 45.3 Å². The van der Waals surface area contributed by atoms with Crippen LogP contribution in [0.3, 0.4) is 0 Å². The minimum absolute atomic E-state index is 0.348. The summed E-state index contributed by atoms with van der Waals surface area (Å²) in [5.74, 6) is 3.91. The van der Waals surface area contributed by atoms with Gasteiger partial charge in [0.05, 0.1) is 17.6 Å². The Labute approximate surface area is 225 Å². The van der Waals surface area contributed by atoms with Gasteiger partial charge in [-0.15, -0.1) is 0 Å². The number of allylic oxidation sites excluding steroid dienone is 1. The number of ether oxygens (including phenoxy) is 2. The SMILES string of the molecule is Cc1[nH]c(C2CCN(c3ncnc4c3C=C(c3cnn(C(C)F)c3)C4)CC2)nc1-c1ccc2c(c1)OCCO2. The number of aromatic amines is 1. The fourth-order valence-corrected chi connectivity index (χ4v) is 5.76. The Bertz CT molecular complexity index is 1570. The summed E-state index contributed by atoms with van der Waals surface area (Å²) in [6.45, 7) is 6.46. The molecule has 1 aliphatic carbocycles. The van der Waals surface area contributed by atoms with Crippen molar-refractivity contribution in [3.63, 3.8) is 0 Å². The first-order chi connectivity index (χ1) is 19.0. The first-order valence-electron chi connectivity index (χ1n) is 13.5. The molecule has 200 valence electrons. The molecule has 1 fully saturated rings. The number of hydrogen-bond donors (Lipinski definition) is 1. The molecule has 1 saturated heterocycles.